The Labute approximate surface area is 110 Å². The number of esters is 1. The maximum atomic E-state index is 12.0. The van der Waals surface area contributed by atoms with Crippen LogP contribution in [0, 0.1) is 16.7 Å². The molecule has 1 rings (SSSR count). The number of nitrogens with zero attached hydrogens (tertiary/aromatic N) is 1. The van der Waals surface area contributed by atoms with Gasteiger partial charge in [-0.1, -0.05) is 34.6 Å². The molecular weight excluding hydrogens is 246 g/mol. The van der Waals surface area contributed by atoms with Gasteiger partial charge in [-0.2, -0.15) is 5.26 Å². The Morgan fingerprint density at radius 3 is 2.17 bits per heavy atom. The molecule has 0 aliphatic carbocycles. The van der Waals surface area contributed by atoms with Crippen LogP contribution in [0.5, 0.6) is 0 Å². The highest BCUT2D eigenvalue weighted by Crippen LogP contribution is 2.47. The zero-order chi connectivity index (χ0) is 14.4. The standard InChI is InChI=1S/C13H23NO3Si/c1-11(2,3)18(6,7)17-13(8-14)10(15)16-9-12(13,4)5/h9H2,1-7H3. The molecule has 1 atom stereocenters. The van der Waals surface area contributed by atoms with E-state index in [4.69, 9.17) is 9.16 Å². The summed E-state index contributed by atoms with van der Waals surface area (Å²) in [6, 6.07) is 2.08. The molecule has 0 amide bonds. The molecule has 1 aliphatic rings. The van der Waals surface area contributed by atoms with Crippen molar-refractivity contribution in [3.05, 3.63) is 0 Å². The van der Waals surface area contributed by atoms with E-state index in [2.05, 4.69) is 26.8 Å². The Morgan fingerprint density at radius 1 is 1.39 bits per heavy atom. The van der Waals surface area contributed by atoms with Crippen molar-refractivity contribution in [2.75, 3.05) is 6.61 Å². The van der Waals surface area contributed by atoms with E-state index < -0.39 is 25.3 Å². The molecule has 0 aromatic heterocycles. The van der Waals surface area contributed by atoms with Crippen LogP contribution in [-0.2, 0) is 14.0 Å². The molecule has 0 aromatic rings. The molecule has 1 unspecified atom stereocenters. The highest BCUT2D eigenvalue weighted by atomic mass is 28.4. The molecule has 1 aliphatic heterocycles. The van der Waals surface area contributed by atoms with Gasteiger partial charge in [0, 0.05) is 0 Å². The number of ether oxygens (including phenoxy) is 1. The van der Waals surface area contributed by atoms with Crippen LogP contribution < -0.4 is 0 Å². The third-order valence-electron chi connectivity index (χ3n) is 4.18. The number of cyclic esters (lactones) is 1. The average molecular weight is 269 g/mol. The predicted molar refractivity (Wildman–Crippen MR) is 71.4 cm³/mol. The summed E-state index contributed by atoms with van der Waals surface area (Å²) in [5.74, 6) is -0.542. The molecule has 0 bridgehead atoms. The molecule has 0 aromatic carbocycles. The van der Waals surface area contributed by atoms with Crippen molar-refractivity contribution in [3.8, 4) is 6.07 Å². The highest BCUT2D eigenvalue weighted by molar-refractivity contribution is 6.74. The summed E-state index contributed by atoms with van der Waals surface area (Å²) in [4.78, 5) is 12.0. The van der Waals surface area contributed by atoms with Gasteiger partial charge in [-0.15, -0.1) is 0 Å². The Kier molecular flexibility index (Phi) is 3.44. The van der Waals surface area contributed by atoms with Gasteiger partial charge >= 0.3 is 5.97 Å². The minimum absolute atomic E-state index is 0.0597. The summed E-state index contributed by atoms with van der Waals surface area (Å²) in [6.45, 7) is 14.2. The minimum Gasteiger partial charge on any atom is -0.462 e. The van der Waals surface area contributed by atoms with Gasteiger partial charge in [0.2, 0.25) is 0 Å². The van der Waals surface area contributed by atoms with Gasteiger partial charge in [0.05, 0.1) is 5.41 Å². The van der Waals surface area contributed by atoms with Crippen molar-refractivity contribution in [2.24, 2.45) is 5.41 Å². The van der Waals surface area contributed by atoms with Crippen LogP contribution in [-0.4, -0.2) is 26.5 Å². The van der Waals surface area contributed by atoms with Gasteiger partial charge in [-0.25, -0.2) is 4.79 Å². The molecule has 18 heavy (non-hydrogen) atoms. The topological polar surface area (TPSA) is 59.3 Å². The van der Waals surface area contributed by atoms with Crippen molar-refractivity contribution >= 4 is 14.3 Å². The van der Waals surface area contributed by atoms with Crippen LogP contribution in [0.15, 0.2) is 0 Å². The van der Waals surface area contributed by atoms with E-state index in [1.54, 1.807) is 0 Å². The van der Waals surface area contributed by atoms with Crippen molar-refractivity contribution in [2.45, 2.75) is 58.4 Å². The number of hydrogen-bond acceptors (Lipinski definition) is 4. The van der Waals surface area contributed by atoms with Crippen molar-refractivity contribution < 1.29 is 14.0 Å². The second kappa shape index (κ2) is 4.07. The number of rotatable bonds is 2. The second-order valence-corrected chi connectivity index (χ2v) is 11.8. The zero-order valence-corrected chi connectivity index (χ0v) is 13.4. The summed E-state index contributed by atoms with van der Waals surface area (Å²) < 4.78 is 11.2. The summed E-state index contributed by atoms with van der Waals surface area (Å²) >= 11 is 0. The maximum absolute atomic E-state index is 12.0. The molecule has 0 saturated carbocycles. The van der Waals surface area contributed by atoms with Crippen LogP contribution in [0.1, 0.15) is 34.6 Å². The fourth-order valence-electron chi connectivity index (χ4n) is 1.66. The van der Waals surface area contributed by atoms with Crippen molar-refractivity contribution in [1.82, 2.24) is 0 Å². The lowest BCUT2D eigenvalue weighted by molar-refractivity contribution is -0.149. The summed E-state index contributed by atoms with van der Waals surface area (Å²) in [5.41, 5.74) is -2.08. The Bertz CT molecular complexity index is 403. The SMILES string of the molecule is CC1(C)COC(=O)C1(C#N)O[Si](C)(C)C(C)(C)C. The fraction of sp³-hybridized carbons (Fsp3) is 0.846. The molecule has 0 radical (unpaired) electrons. The largest absolute Gasteiger partial charge is 0.462 e. The van der Waals surface area contributed by atoms with Gasteiger partial charge < -0.3 is 9.16 Å². The van der Waals surface area contributed by atoms with E-state index in [1.165, 1.54) is 0 Å². The first-order valence-corrected chi connectivity index (χ1v) is 9.09. The van der Waals surface area contributed by atoms with Crippen molar-refractivity contribution in [3.63, 3.8) is 0 Å². The molecule has 102 valence electrons. The molecule has 0 spiro atoms. The molecule has 1 saturated heterocycles. The monoisotopic (exact) mass is 269 g/mol. The van der Waals surface area contributed by atoms with E-state index in [0.29, 0.717) is 0 Å². The second-order valence-electron chi connectivity index (χ2n) is 7.12. The van der Waals surface area contributed by atoms with Crippen LogP contribution >= 0.6 is 0 Å². The zero-order valence-electron chi connectivity index (χ0n) is 12.4. The van der Waals surface area contributed by atoms with Gasteiger partial charge in [-0.3, -0.25) is 0 Å². The van der Waals surface area contributed by atoms with Crippen LogP contribution in [0.25, 0.3) is 0 Å². The lowest BCUT2D eigenvalue weighted by Gasteiger charge is -2.43. The lowest BCUT2D eigenvalue weighted by atomic mass is 9.78. The number of carbonyl (C=O) groups excluding carboxylic acids is 1. The predicted octanol–water partition coefficient (Wildman–Crippen LogP) is 2.85. The van der Waals surface area contributed by atoms with Gasteiger partial charge in [-0.05, 0) is 18.1 Å². The number of hydrogen-bond donors (Lipinski definition) is 0. The first kappa shape index (κ1) is 15.2. The molecule has 1 heterocycles. The number of nitriles is 1. The van der Waals surface area contributed by atoms with Crippen LogP contribution in [0.2, 0.25) is 18.1 Å². The maximum Gasteiger partial charge on any atom is 0.353 e. The minimum atomic E-state index is -2.22. The van der Waals surface area contributed by atoms with E-state index in [1.807, 2.05) is 26.9 Å². The molecule has 0 N–H and O–H groups in total. The van der Waals surface area contributed by atoms with E-state index in [0.717, 1.165) is 0 Å². The Balaban J connectivity index is 3.21. The normalized spacial score (nSPS) is 27.8. The van der Waals surface area contributed by atoms with Gasteiger partial charge in [0.15, 0.2) is 8.32 Å². The highest BCUT2D eigenvalue weighted by Gasteiger charge is 2.63. The lowest BCUT2D eigenvalue weighted by Crippen LogP contribution is -2.57. The smallest absolute Gasteiger partial charge is 0.353 e. The summed E-state index contributed by atoms with van der Waals surface area (Å²) in [5, 5.41) is 9.44. The molecular formula is C13H23NO3Si. The first-order chi connectivity index (χ1) is 7.90. The first-order valence-electron chi connectivity index (χ1n) is 6.18. The van der Waals surface area contributed by atoms with Crippen LogP contribution in [0.3, 0.4) is 0 Å². The van der Waals surface area contributed by atoms with Crippen LogP contribution in [0.4, 0.5) is 0 Å². The molecule has 4 nitrogen and oxygen atoms in total. The van der Waals surface area contributed by atoms with E-state index in [-0.39, 0.29) is 11.6 Å². The fourth-order valence-corrected chi connectivity index (χ4v) is 3.14. The molecule has 5 heteroatoms. The van der Waals surface area contributed by atoms with E-state index >= 15 is 0 Å². The van der Waals surface area contributed by atoms with Gasteiger partial charge in [0.25, 0.3) is 5.60 Å². The quantitative estimate of drug-likeness (QED) is 0.571. The Morgan fingerprint density at radius 2 is 1.89 bits per heavy atom. The summed E-state index contributed by atoms with van der Waals surface area (Å²) in [6.07, 6.45) is 0. The average Bonchev–Trinajstić information content (AvgIpc) is 2.40. The number of carbonyl (C=O) groups is 1. The molecule has 1 fully saturated rings. The third-order valence-corrected chi connectivity index (χ3v) is 8.61. The third kappa shape index (κ3) is 2.08. The van der Waals surface area contributed by atoms with Gasteiger partial charge in [0.1, 0.15) is 12.7 Å². The summed E-state index contributed by atoms with van der Waals surface area (Å²) in [7, 11) is -2.22. The van der Waals surface area contributed by atoms with E-state index in [9.17, 15) is 10.1 Å². The Hall–Kier alpha value is -0.863. The van der Waals surface area contributed by atoms with Crippen molar-refractivity contribution in [1.29, 1.82) is 5.26 Å².